The average molecular weight is 200 g/mol. The number of aromatic nitrogens is 1. The third-order valence-electron chi connectivity index (χ3n) is 2.56. The van der Waals surface area contributed by atoms with Gasteiger partial charge in [-0.05, 0) is 18.6 Å². The monoisotopic (exact) mass is 200 g/mol. The minimum absolute atomic E-state index is 0.302. The predicted molar refractivity (Wildman–Crippen MR) is 58.7 cm³/mol. The molecule has 15 heavy (non-hydrogen) atoms. The van der Waals surface area contributed by atoms with Crippen molar-refractivity contribution in [2.75, 3.05) is 0 Å². The molecule has 0 amide bonds. The molecule has 2 rings (SSSR count). The number of phenols is 1. The average Bonchev–Trinajstić information content (AvgIpc) is 2.65. The summed E-state index contributed by atoms with van der Waals surface area (Å²) in [4.78, 5) is 3.05. The summed E-state index contributed by atoms with van der Waals surface area (Å²) in [5, 5.41) is 19.5. The van der Waals surface area contributed by atoms with Gasteiger partial charge in [0.25, 0.3) is 0 Å². The molecule has 0 aliphatic rings. The van der Waals surface area contributed by atoms with Gasteiger partial charge in [-0.3, -0.25) is 0 Å². The molecule has 0 saturated carbocycles. The molecule has 2 aromatic rings. The first kappa shape index (κ1) is 9.60. The van der Waals surface area contributed by atoms with Gasteiger partial charge < -0.3 is 10.1 Å². The van der Waals surface area contributed by atoms with E-state index >= 15 is 0 Å². The van der Waals surface area contributed by atoms with Crippen LogP contribution in [0.1, 0.15) is 24.5 Å². The lowest BCUT2D eigenvalue weighted by atomic mass is 10.0. The van der Waals surface area contributed by atoms with Crippen molar-refractivity contribution in [2.24, 2.45) is 0 Å². The number of H-pyrrole nitrogens is 1. The van der Waals surface area contributed by atoms with Gasteiger partial charge in [-0.1, -0.05) is 13.3 Å². The zero-order valence-corrected chi connectivity index (χ0v) is 8.54. The van der Waals surface area contributed by atoms with Crippen LogP contribution in [0.2, 0.25) is 0 Å². The van der Waals surface area contributed by atoms with Gasteiger partial charge in [0.05, 0.1) is 11.1 Å². The van der Waals surface area contributed by atoms with E-state index in [1.807, 2.05) is 0 Å². The second kappa shape index (κ2) is 3.66. The van der Waals surface area contributed by atoms with E-state index < -0.39 is 0 Å². The Morgan fingerprint density at radius 1 is 1.47 bits per heavy atom. The Morgan fingerprint density at radius 2 is 2.27 bits per heavy atom. The molecule has 0 aliphatic heterocycles. The van der Waals surface area contributed by atoms with Gasteiger partial charge >= 0.3 is 0 Å². The number of benzene rings is 1. The summed E-state index contributed by atoms with van der Waals surface area (Å²) in [5.74, 6) is 0.302. The smallest absolute Gasteiger partial charge is 0.120 e. The molecule has 0 spiro atoms. The van der Waals surface area contributed by atoms with Crippen LogP contribution < -0.4 is 0 Å². The molecule has 1 aromatic heterocycles. The maximum atomic E-state index is 9.72. The zero-order chi connectivity index (χ0) is 10.8. The van der Waals surface area contributed by atoms with Gasteiger partial charge in [-0.25, -0.2) is 0 Å². The van der Waals surface area contributed by atoms with Gasteiger partial charge in [-0.15, -0.1) is 0 Å². The van der Waals surface area contributed by atoms with E-state index in [1.165, 1.54) is 0 Å². The SMILES string of the molecule is CCCc1c(O)ccc2c(C#N)c[nH]c12. The van der Waals surface area contributed by atoms with Gasteiger partial charge in [-0.2, -0.15) is 5.26 Å². The normalized spacial score (nSPS) is 10.4. The van der Waals surface area contributed by atoms with Crippen LogP contribution in [0.5, 0.6) is 5.75 Å². The Bertz CT molecular complexity index is 534. The lowest BCUT2D eigenvalue weighted by Gasteiger charge is -2.04. The summed E-state index contributed by atoms with van der Waals surface area (Å²) < 4.78 is 0. The Kier molecular flexibility index (Phi) is 2.34. The summed E-state index contributed by atoms with van der Waals surface area (Å²) in [7, 11) is 0. The number of phenolic OH excluding ortho intramolecular Hbond substituents is 1. The maximum absolute atomic E-state index is 9.72. The van der Waals surface area contributed by atoms with Crippen LogP contribution in [0.25, 0.3) is 10.9 Å². The quantitative estimate of drug-likeness (QED) is 0.783. The van der Waals surface area contributed by atoms with Crippen molar-refractivity contribution >= 4 is 10.9 Å². The second-order valence-corrected chi connectivity index (χ2v) is 3.55. The number of hydrogen-bond acceptors (Lipinski definition) is 2. The first-order valence-corrected chi connectivity index (χ1v) is 5.00. The zero-order valence-electron chi connectivity index (χ0n) is 8.54. The van der Waals surface area contributed by atoms with Crippen LogP contribution >= 0.6 is 0 Å². The van der Waals surface area contributed by atoms with Crippen molar-refractivity contribution in [1.29, 1.82) is 5.26 Å². The fraction of sp³-hybridized carbons (Fsp3) is 0.250. The number of nitriles is 1. The first-order valence-electron chi connectivity index (χ1n) is 5.00. The van der Waals surface area contributed by atoms with Crippen LogP contribution in [-0.2, 0) is 6.42 Å². The fourth-order valence-corrected chi connectivity index (χ4v) is 1.84. The molecule has 76 valence electrons. The molecule has 1 aromatic carbocycles. The van der Waals surface area contributed by atoms with Crippen molar-refractivity contribution in [3.05, 3.63) is 29.5 Å². The van der Waals surface area contributed by atoms with Gasteiger partial charge in [0, 0.05) is 17.1 Å². The molecule has 0 aliphatic carbocycles. The number of rotatable bonds is 2. The topological polar surface area (TPSA) is 59.8 Å². The molecule has 0 saturated heterocycles. The molecule has 0 atom stereocenters. The van der Waals surface area contributed by atoms with Crippen molar-refractivity contribution < 1.29 is 5.11 Å². The second-order valence-electron chi connectivity index (χ2n) is 3.55. The van der Waals surface area contributed by atoms with Crippen molar-refractivity contribution in [3.8, 4) is 11.8 Å². The van der Waals surface area contributed by atoms with Crippen molar-refractivity contribution in [2.45, 2.75) is 19.8 Å². The molecule has 3 nitrogen and oxygen atoms in total. The Labute approximate surface area is 88.0 Å². The van der Waals surface area contributed by atoms with Gasteiger partial charge in [0.2, 0.25) is 0 Å². The number of nitrogens with zero attached hydrogens (tertiary/aromatic N) is 1. The Morgan fingerprint density at radius 3 is 2.93 bits per heavy atom. The van der Waals surface area contributed by atoms with E-state index in [0.29, 0.717) is 11.3 Å². The summed E-state index contributed by atoms with van der Waals surface area (Å²) in [5.41, 5.74) is 2.41. The van der Waals surface area contributed by atoms with E-state index in [-0.39, 0.29) is 0 Å². The largest absolute Gasteiger partial charge is 0.508 e. The predicted octanol–water partition coefficient (Wildman–Crippen LogP) is 2.70. The van der Waals surface area contributed by atoms with Gasteiger partial charge in [0.1, 0.15) is 11.8 Å². The molecule has 0 bridgehead atoms. The number of nitrogens with one attached hydrogen (secondary N) is 1. The first-order chi connectivity index (χ1) is 7.27. The lowest BCUT2D eigenvalue weighted by Crippen LogP contribution is -1.86. The highest BCUT2D eigenvalue weighted by Gasteiger charge is 2.10. The van der Waals surface area contributed by atoms with Gasteiger partial charge in [0.15, 0.2) is 0 Å². The standard InChI is InChI=1S/C12H12N2O/c1-2-3-10-11(15)5-4-9-8(6-13)7-14-12(9)10/h4-5,7,14-15H,2-3H2,1H3. The minimum Gasteiger partial charge on any atom is -0.508 e. The number of hydrogen-bond donors (Lipinski definition) is 2. The highest BCUT2D eigenvalue weighted by atomic mass is 16.3. The molecule has 1 heterocycles. The van der Waals surface area contributed by atoms with Crippen molar-refractivity contribution in [1.82, 2.24) is 4.98 Å². The molecule has 0 unspecified atom stereocenters. The van der Waals surface area contributed by atoms with Crippen LogP contribution in [0.3, 0.4) is 0 Å². The lowest BCUT2D eigenvalue weighted by molar-refractivity contribution is 0.469. The van der Waals surface area contributed by atoms with E-state index in [9.17, 15) is 5.11 Å². The minimum atomic E-state index is 0.302. The summed E-state index contributed by atoms with van der Waals surface area (Å²) >= 11 is 0. The van der Waals surface area contributed by atoms with E-state index in [0.717, 1.165) is 29.3 Å². The van der Waals surface area contributed by atoms with E-state index in [4.69, 9.17) is 5.26 Å². The summed E-state index contributed by atoms with van der Waals surface area (Å²) in [6, 6.07) is 5.56. The number of aryl methyl sites for hydroxylation is 1. The van der Waals surface area contributed by atoms with E-state index in [1.54, 1.807) is 18.3 Å². The summed E-state index contributed by atoms with van der Waals surface area (Å²) in [6.07, 6.45) is 3.46. The van der Waals surface area contributed by atoms with Crippen LogP contribution in [-0.4, -0.2) is 10.1 Å². The highest BCUT2D eigenvalue weighted by Crippen LogP contribution is 2.29. The van der Waals surface area contributed by atoms with Crippen LogP contribution in [0, 0.1) is 11.3 Å². The molecule has 0 fully saturated rings. The third-order valence-corrected chi connectivity index (χ3v) is 2.56. The van der Waals surface area contributed by atoms with Crippen LogP contribution in [0.4, 0.5) is 0 Å². The van der Waals surface area contributed by atoms with Crippen LogP contribution in [0.15, 0.2) is 18.3 Å². The molecule has 0 radical (unpaired) electrons. The molecule has 2 N–H and O–H groups in total. The molecular weight excluding hydrogens is 188 g/mol. The third kappa shape index (κ3) is 1.44. The highest BCUT2D eigenvalue weighted by molar-refractivity contribution is 5.89. The Balaban J connectivity index is 2.72. The molecule has 3 heteroatoms. The Hall–Kier alpha value is -1.95. The molecular formula is C12H12N2O. The van der Waals surface area contributed by atoms with E-state index in [2.05, 4.69) is 18.0 Å². The van der Waals surface area contributed by atoms with Crippen molar-refractivity contribution in [3.63, 3.8) is 0 Å². The summed E-state index contributed by atoms with van der Waals surface area (Å²) in [6.45, 7) is 2.06. The maximum Gasteiger partial charge on any atom is 0.120 e. The number of aromatic hydroxyl groups is 1. The number of fused-ring (bicyclic) bond motifs is 1. The number of aromatic amines is 1. The fourth-order valence-electron chi connectivity index (χ4n) is 1.84.